The molecule has 0 aliphatic heterocycles. The predicted octanol–water partition coefficient (Wildman–Crippen LogP) is 3.19. The van der Waals surface area contributed by atoms with Crippen LogP contribution >= 0.6 is 0 Å². The Labute approximate surface area is 119 Å². The van der Waals surface area contributed by atoms with Crippen molar-refractivity contribution in [2.45, 2.75) is 13.0 Å². The summed E-state index contributed by atoms with van der Waals surface area (Å²) in [4.78, 5) is 6.21. The number of aromatic nitrogens is 1. The summed E-state index contributed by atoms with van der Waals surface area (Å²) in [5, 5.41) is 12.4. The van der Waals surface area contributed by atoms with Crippen molar-refractivity contribution in [3.63, 3.8) is 0 Å². The molecule has 0 saturated carbocycles. The Balaban J connectivity index is 2.23. The first-order chi connectivity index (χ1) is 9.61. The third kappa shape index (κ3) is 3.07. The summed E-state index contributed by atoms with van der Waals surface area (Å²) >= 11 is 0. The quantitative estimate of drug-likeness (QED) is 0.923. The number of nitrogens with one attached hydrogen (secondary N) is 1. The number of pyridine rings is 1. The molecule has 0 amide bonds. The zero-order valence-corrected chi connectivity index (χ0v) is 12.0. The minimum Gasteiger partial charge on any atom is -0.376 e. The number of nitrogens with zero attached hydrogens (tertiary/aromatic N) is 3. The molecule has 1 heterocycles. The SMILES string of the molecule is CC(Nc1cnccc1N(C)C)c1cccc(C#N)c1. The van der Waals surface area contributed by atoms with Gasteiger partial charge in [0.15, 0.2) is 0 Å². The summed E-state index contributed by atoms with van der Waals surface area (Å²) in [5.74, 6) is 0. The molecule has 1 atom stereocenters. The molecule has 102 valence electrons. The molecular weight excluding hydrogens is 248 g/mol. The van der Waals surface area contributed by atoms with Crippen LogP contribution in [0.5, 0.6) is 0 Å². The van der Waals surface area contributed by atoms with Gasteiger partial charge in [0.25, 0.3) is 0 Å². The van der Waals surface area contributed by atoms with Crippen molar-refractivity contribution in [1.29, 1.82) is 5.26 Å². The molecule has 1 aromatic carbocycles. The molecule has 0 bridgehead atoms. The first-order valence-corrected chi connectivity index (χ1v) is 6.49. The van der Waals surface area contributed by atoms with E-state index < -0.39 is 0 Å². The molecule has 0 aliphatic carbocycles. The van der Waals surface area contributed by atoms with Crippen LogP contribution in [0.4, 0.5) is 11.4 Å². The second-order valence-corrected chi connectivity index (χ2v) is 4.89. The largest absolute Gasteiger partial charge is 0.376 e. The average molecular weight is 266 g/mol. The van der Waals surface area contributed by atoms with Gasteiger partial charge in [0.05, 0.1) is 29.2 Å². The van der Waals surface area contributed by atoms with Crippen LogP contribution in [0.15, 0.2) is 42.7 Å². The van der Waals surface area contributed by atoms with Crippen molar-refractivity contribution in [3.05, 3.63) is 53.9 Å². The molecule has 2 rings (SSSR count). The van der Waals surface area contributed by atoms with Gasteiger partial charge in [0, 0.05) is 26.3 Å². The molecule has 0 aliphatic rings. The molecule has 4 nitrogen and oxygen atoms in total. The van der Waals surface area contributed by atoms with Crippen molar-refractivity contribution in [2.75, 3.05) is 24.3 Å². The maximum absolute atomic E-state index is 8.96. The van der Waals surface area contributed by atoms with E-state index in [1.165, 1.54) is 0 Å². The van der Waals surface area contributed by atoms with Crippen LogP contribution in [-0.4, -0.2) is 19.1 Å². The number of nitriles is 1. The maximum Gasteiger partial charge on any atom is 0.0991 e. The van der Waals surface area contributed by atoms with Crippen molar-refractivity contribution in [1.82, 2.24) is 4.98 Å². The van der Waals surface area contributed by atoms with Crippen LogP contribution in [0.2, 0.25) is 0 Å². The highest BCUT2D eigenvalue weighted by Gasteiger charge is 2.10. The molecular formula is C16H18N4. The van der Waals surface area contributed by atoms with E-state index in [9.17, 15) is 0 Å². The van der Waals surface area contributed by atoms with Gasteiger partial charge in [0.1, 0.15) is 0 Å². The highest BCUT2D eigenvalue weighted by Crippen LogP contribution is 2.27. The van der Waals surface area contributed by atoms with Gasteiger partial charge in [-0.15, -0.1) is 0 Å². The van der Waals surface area contributed by atoms with Gasteiger partial charge in [-0.2, -0.15) is 5.26 Å². The molecule has 0 radical (unpaired) electrons. The lowest BCUT2D eigenvalue weighted by molar-refractivity contribution is 0.880. The topological polar surface area (TPSA) is 52.0 Å². The van der Waals surface area contributed by atoms with Gasteiger partial charge in [-0.25, -0.2) is 0 Å². The monoisotopic (exact) mass is 266 g/mol. The fourth-order valence-corrected chi connectivity index (χ4v) is 2.08. The summed E-state index contributed by atoms with van der Waals surface area (Å²) in [6.45, 7) is 2.07. The molecule has 0 saturated heterocycles. The molecule has 4 heteroatoms. The van der Waals surface area contributed by atoms with Crippen LogP contribution in [0, 0.1) is 11.3 Å². The second-order valence-electron chi connectivity index (χ2n) is 4.89. The Hall–Kier alpha value is -2.54. The average Bonchev–Trinajstić information content (AvgIpc) is 2.47. The lowest BCUT2D eigenvalue weighted by Crippen LogP contribution is -2.14. The molecule has 1 N–H and O–H groups in total. The van der Waals surface area contributed by atoms with E-state index in [1.54, 1.807) is 6.20 Å². The van der Waals surface area contributed by atoms with Crippen molar-refractivity contribution < 1.29 is 0 Å². The van der Waals surface area contributed by atoms with E-state index in [4.69, 9.17) is 5.26 Å². The van der Waals surface area contributed by atoms with Gasteiger partial charge in [0.2, 0.25) is 0 Å². The zero-order chi connectivity index (χ0) is 14.5. The second kappa shape index (κ2) is 6.07. The fourth-order valence-electron chi connectivity index (χ4n) is 2.08. The third-order valence-electron chi connectivity index (χ3n) is 3.17. The summed E-state index contributed by atoms with van der Waals surface area (Å²) in [5.41, 5.74) is 3.82. The van der Waals surface area contributed by atoms with E-state index >= 15 is 0 Å². The van der Waals surface area contributed by atoms with Crippen LogP contribution in [0.3, 0.4) is 0 Å². The molecule has 0 fully saturated rings. The summed E-state index contributed by atoms with van der Waals surface area (Å²) in [6, 6.07) is 11.9. The minimum atomic E-state index is 0.103. The third-order valence-corrected chi connectivity index (χ3v) is 3.17. The molecule has 2 aromatic rings. The zero-order valence-electron chi connectivity index (χ0n) is 12.0. The summed E-state index contributed by atoms with van der Waals surface area (Å²) < 4.78 is 0. The molecule has 20 heavy (non-hydrogen) atoms. The number of hydrogen-bond donors (Lipinski definition) is 1. The molecule has 1 aromatic heterocycles. The number of hydrogen-bond acceptors (Lipinski definition) is 4. The Morgan fingerprint density at radius 3 is 2.80 bits per heavy atom. The summed E-state index contributed by atoms with van der Waals surface area (Å²) in [6.07, 6.45) is 3.60. The first-order valence-electron chi connectivity index (χ1n) is 6.49. The highest BCUT2D eigenvalue weighted by molar-refractivity contribution is 5.68. The Kier molecular flexibility index (Phi) is 4.21. The highest BCUT2D eigenvalue weighted by atomic mass is 15.1. The van der Waals surface area contributed by atoms with Crippen LogP contribution in [0.25, 0.3) is 0 Å². The smallest absolute Gasteiger partial charge is 0.0991 e. The van der Waals surface area contributed by atoms with Crippen molar-refractivity contribution >= 4 is 11.4 Å². The standard InChI is InChI=1S/C16H18N4/c1-12(14-6-4-5-13(9-14)10-17)19-15-11-18-8-7-16(15)20(2)3/h4-9,11-12,19H,1-3H3. The number of anilines is 2. The lowest BCUT2D eigenvalue weighted by Gasteiger charge is -2.21. The normalized spacial score (nSPS) is 11.5. The number of benzene rings is 1. The molecule has 0 spiro atoms. The Morgan fingerprint density at radius 2 is 2.10 bits per heavy atom. The molecule has 1 unspecified atom stereocenters. The van der Waals surface area contributed by atoms with Gasteiger partial charge < -0.3 is 10.2 Å². The van der Waals surface area contributed by atoms with Gasteiger partial charge in [-0.05, 0) is 30.7 Å². The maximum atomic E-state index is 8.96. The van der Waals surface area contributed by atoms with Gasteiger partial charge >= 0.3 is 0 Å². The predicted molar refractivity (Wildman–Crippen MR) is 81.8 cm³/mol. The van der Waals surface area contributed by atoms with Crippen molar-refractivity contribution in [3.8, 4) is 6.07 Å². The summed E-state index contributed by atoms with van der Waals surface area (Å²) in [7, 11) is 4.00. The van der Waals surface area contributed by atoms with Crippen LogP contribution < -0.4 is 10.2 Å². The van der Waals surface area contributed by atoms with E-state index in [0.29, 0.717) is 5.56 Å². The van der Waals surface area contributed by atoms with Crippen molar-refractivity contribution in [2.24, 2.45) is 0 Å². The van der Waals surface area contributed by atoms with E-state index in [0.717, 1.165) is 16.9 Å². The van der Waals surface area contributed by atoms with E-state index in [2.05, 4.69) is 23.3 Å². The Morgan fingerprint density at radius 1 is 1.30 bits per heavy atom. The first kappa shape index (κ1) is 13.9. The van der Waals surface area contributed by atoms with Crippen LogP contribution in [-0.2, 0) is 0 Å². The fraction of sp³-hybridized carbons (Fsp3) is 0.250. The van der Waals surface area contributed by atoms with E-state index in [-0.39, 0.29) is 6.04 Å². The van der Waals surface area contributed by atoms with Crippen LogP contribution in [0.1, 0.15) is 24.1 Å². The van der Waals surface area contributed by atoms with Gasteiger partial charge in [-0.1, -0.05) is 12.1 Å². The Bertz CT molecular complexity index is 628. The van der Waals surface area contributed by atoms with E-state index in [1.807, 2.05) is 55.5 Å². The minimum absolute atomic E-state index is 0.103. The lowest BCUT2D eigenvalue weighted by atomic mass is 10.1. The number of rotatable bonds is 4. The van der Waals surface area contributed by atoms with Gasteiger partial charge in [-0.3, -0.25) is 4.98 Å².